The van der Waals surface area contributed by atoms with E-state index >= 15 is 0 Å². The number of benzene rings is 1. The van der Waals surface area contributed by atoms with Crippen molar-refractivity contribution in [3.8, 4) is 23.7 Å². The van der Waals surface area contributed by atoms with Crippen molar-refractivity contribution in [2.75, 3.05) is 0 Å². The summed E-state index contributed by atoms with van der Waals surface area (Å²) in [7, 11) is 0. The minimum atomic E-state index is -0.609. The van der Waals surface area contributed by atoms with E-state index in [1.165, 1.54) is 5.56 Å². The summed E-state index contributed by atoms with van der Waals surface area (Å²) in [5.74, 6) is 10.7. The van der Waals surface area contributed by atoms with E-state index in [1.54, 1.807) is 6.92 Å². The van der Waals surface area contributed by atoms with E-state index < -0.39 is 6.10 Å². The molecule has 70 valence electrons. The number of rotatable bonds is 0. The summed E-state index contributed by atoms with van der Waals surface area (Å²) in [6.07, 6.45) is -0.609. The van der Waals surface area contributed by atoms with Gasteiger partial charge in [0, 0.05) is 5.56 Å². The first-order valence-corrected chi connectivity index (χ1v) is 4.45. The van der Waals surface area contributed by atoms with Gasteiger partial charge >= 0.3 is 0 Å². The van der Waals surface area contributed by atoms with Crippen LogP contribution in [-0.4, -0.2) is 11.2 Å². The van der Waals surface area contributed by atoms with E-state index in [9.17, 15) is 0 Å². The Morgan fingerprint density at radius 1 is 1.14 bits per heavy atom. The van der Waals surface area contributed by atoms with Crippen molar-refractivity contribution < 1.29 is 5.11 Å². The number of aliphatic hydroxyl groups is 1. The van der Waals surface area contributed by atoms with Crippen LogP contribution in [0.2, 0.25) is 0 Å². The largest absolute Gasteiger partial charge is 0.381 e. The summed E-state index contributed by atoms with van der Waals surface area (Å²) in [4.78, 5) is 0. The van der Waals surface area contributed by atoms with Crippen LogP contribution < -0.4 is 0 Å². The van der Waals surface area contributed by atoms with Gasteiger partial charge in [0.25, 0.3) is 0 Å². The number of aliphatic hydroxyl groups excluding tert-OH is 1. The van der Waals surface area contributed by atoms with Crippen molar-refractivity contribution in [1.82, 2.24) is 0 Å². The molecule has 0 aromatic heterocycles. The molecule has 14 heavy (non-hydrogen) atoms. The molecule has 1 aromatic rings. The van der Waals surface area contributed by atoms with Crippen LogP contribution in [0.4, 0.5) is 0 Å². The molecule has 1 N–H and O–H groups in total. The van der Waals surface area contributed by atoms with E-state index in [-0.39, 0.29) is 0 Å². The molecule has 1 atom stereocenters. The molecule has 1 heteroatoms. The quantitative estimate of drug-likeness (QED) is 0.609. The van der Waals surface area contributed by atoms with Crippen molar-refractivity contribution in [3.63, 3.8) is 0 Å². The molecule has 0 saturated heterocycles. The molecule has 1 unspecified atom stereocenters. The maximum atomic E-state index is 8.84. The Labute approximate surface area is 84.8 Å². The van der Waals surface area contributed by atoms with Gasteiger partial charge in [-0.25, -0.2) is 0 Å². The predicted octanol–water partition coefficient (Wildman–Crippen LogP) is 1.73. The lowest BCUT2D eigenvalue weighted by atomic mass is 10.2. The molecule has 0 aliphatic carbocycles. The van der Waals surface area contributed by atoms with Gasteiger partial charge in [-0.2, -0.15) is 0 Å². The summed E-state index contributed by atoms with van der Waals surface area (Å²) in [5.41, 5.74) is 2.15. The fraction of sp³-hybridized carbons (Fsp3) is 0.231. The highest BCUT2D eigenvalue weighted by Crippen LogP contribution is 2.00. The van der Waals surface area contributed by atoms with Crippen molar-refractivity contribution in [1.29, 1.82) is 0 Å². The second-order valence-corrected chi connectivity index (χ2v) is 3.06. The van der Waals surface area contributed by atoms with Crippen LogP contribution in [0.15, 0.2) is 24.3 Å². The van der Waals surface area contributed by atoms with Crippen molar-refractivity contribution in [2.45, 2.75) is 20.0 Å². The standard InChI is InChI=1S/C13H12O/c1-11-7-9-13(10-8-11)6-4-3-5-12(2)14/h7-10,12,14H,1-2H3. The van der Waals surface area contributed by atoms with E-state index in [0.29, 0.717) is 0 Å². The minimum absolute atomic E-state index is 0.609. The van der Waals surface area contributed by atoms with Crippen LogP contribution in [0, 0.1) is 30.6 Å². The molecule has 0 aliphatic rings. The normalized spacial score (nSPS) is 10.5. The first-order valence-electron chi connectivity index (χ1n) is 4.45. The second kappa shape index (κ2) is 5.12. The molecule has 1 nitrogen and oxygen atoms in total. The van der Waals surface area contributed by atoms with E-state index in [4.69, 9.17) is 5.11 Å². The lowest BCUT2D eigenvalue weighted by molar-refractivity contribution is 0.253. The zero-order valence-electron chi connectivity index (χ0n) is 8.33. The molecule has 0 amide bonds. The van der Waals surface area contributed by atoms with Crippen LogP contribution >= 0.6 is 0 Å². The van der Waals surface area contributed by atoms with Crippen LogP contribution in [0.3, 0.4) is 0 Å². The summed E-state index contributed by atoms with van der Waals surface area (Å²) >= 11 is 0. The van der Waals surface area contributed by atoms with Gasteiger partial charge < -0.3 is 5.11 Å². The smallest absolute Gasteiger partial charge is 0.112 e. The average molecular weight is 184 g/mol. The van der Waals surface area contributed by atoms with Gasteiger partial charge in [0.05, 0.1) is 0 Å². The van der Waals surface area contributed by atoms with E-state index in [2.05, 4.69) is 23.7 Å². The number of hydrogen-bond donors (Lipinski definition) is 1. The highest BCUT2D eigenvalue weighted by Gasteiger charge is 1.84. The van der Waals surface area contributed by atoms with Gasteiger partial charge in [0.1, 0.15) is 6.10 Å². The zero-order chi connectivity index (χ0) is 10.4. The molecule has 0 bridgehead atoms. The average Bonchev–Trinajstić information content (AvgIpc) is 2.15. The molecule has 0 saturated carbocycles. The molecule has 0 radical (unpaired) electrons. The van der Waals surface area contributed by atoms with Gasteiger partial charge in [0.2, 0.25) is 0 Å². The molecule has 1 rings (SSSR count). The molecule has 0 aliphatic heterocycles. The third-order valence-electron chi connectivity index (χ3n) is 1.60. The van der Waals surface area contributed by atoms with Crippen molar-refractivity contribution in [3.05, 3.63) is 35.4 Å². The monoisotopic (exact) mass is 184 g/mol. The fourth-order valence-electron chi connectivity index (χ4n) is 0.881. The summed E-state index contributed by atoms with van der Waals surface area (Å²) in [6, 6.07) is 7.91. The molecule has 0 spiro atoms. The van der Waals surface area contributed by atoms with Crippen molar-refractivity contribution in [2.24, 2.45) is 0 Å². The molecular formula is C13H12O. The molecule has 0 fully saturated rings. The minimum Gasteiger partial charge on any atom is -0.381 e. The fourth-order valence-corrected chi connectivity index (χ4v) is 0.881. The summed E-state index contributed by atoms with van der Waals surface area (Å²) in [6.45, 7) is 3.64. The van der Waals surface area contributed by atoms with E-state index in [1.807, 2.05) is 31.2 Å². The Balaban J connectivity index is 2.70. The first kappa shape index (κ1) is 10.4. The Hall–Kier alpha value is -1.70. The number of aryl methyl sites for hydroxylation is 1. The maximum absolute atomic E-state index is 8.84. The predicted molar refractivity (Wildman–Crippen MR) is 57.5 cm³/mol. The summed E-state index contributed by atoms with van der Waals surface area (Å²) < 4.78 is 0. The molecule has 0 heterocycles. The lowest BCUT2D eigenvalue weighted by Gasteiger charge is -1.90. The van der Waals surface area contributed by atoms with Crippen LogP contribution in [0.5, 0.6) is 0 Å². The second-order valence-electron chi connectivity index (χ2n) is 3.06. The van der Waals surface area contributed by atoms with Gasteiger partial charge in [-0.05, 0) is 37.8 Å². The van der Waals surface area contributed by atoms with Gasteiger partial charge in [-0.1, -0.05) is 29.5 Å². The number of hydrogen-bond acceptors (Lipinski definition) is 1. The highest BCUT2D eigenvalue weighted by molar-refractivity contribution is 5.40. The van der Waals surface area contributed by atoms with Gasteiger partial charge in [0.15, 0.2) is 0 Å². The molecular weight excluding hydrogens is 172 g/mol. The van der Waals surface area contributed by atoms with Crippen LogP contribution in [0.25, 0.3) is 0 Å². The Morgan fingerprint density at radius 3 is 2.36 bits per heavy atom. The molecule has 1 aromatic carbocycles. The van der Waals surface area contributed by atoms with Crippen molar-refractivity contribution >= 4 is 0 Å². The van der Waals surface area contributed by atoms with Crippen LogP contribution in [0.1, 0.15) is 18.1 Å². The van der Waals surface area contributed by atoms with Gasteiger partial charge in [-0.3, -0.25) is 0 Å². The summed E-state index contributed by atoms with van der Waals surface area (Å²) in [5, 5.41) is 8.84. The highest BCUT2D eigenvalue weighted by atomic mass is 16.3. The third kappa shape index (κ3) is 3.81. The topological polar surface area (TPSA) is 20.2 Å². The zero-order valence-corrected chi connectivity index (χ0v) is 8.33. The Morgan fingerprint density at radius 2 is 1.79 bits per heavy atom. The SMILES string of the molecule is Cc1ccc(C#CC#CC(C)O)cc1. The van der Waals surface area contributed by atoms with Gasteiger partial charge in [-0.15, -0.1) is 0 Å². The van der Waals surface area contributed by atoms with Crippen LogP contribution in [-0.2, 0) is 0 Å². The lowest BCUT2D eigenvalue weighted by Crippen LogP contribution is -1.91. The maximum Gasteiger partial charge on any atom is 0.112 e. The Kier molecular flexibility index (Phi) is 3.80. The third-order valence-corrected chi connectivity index (χ3v) is 1.60. The Bertz CT molecular complexity index is 405. The first-order chi connectivity index (χ1) is 6.68. The van der Waals surface area contributed by atoms with E-state index in [0.717, 1.165) is 5.56 Å².